The van der Waals surface area contributed by atoms with Crippen molar-refractivity contribution in [3.8, 4) is 0 Å². The van der Waals surface area contributed by atoms with Gasteiger partial charge in [-0.25, -0.2) is 4.98 Å². The number of carbonyl (C=O) groups excluding carboxylic acids is 1. The van der Waals surface area contributed by atoms with Crippen LogP contribution in [0.15, 0.2) is 24.3 Å². The van der Waals surface area contributed by atoms with E-state index in [0.717, 1.165) is 30.9 Å². The third kappa shape index (κ3) is 2.73. The number of hydrogen-bond donors (Lipinski definition) is 0. The summed E-state index contributed by atoms with van der Waals surface area (Å²) in [4.78, 5) is 18.9. The van der Waals surface area contributed by atoms with Crippen LogP contribution in [0, 0.1) is 0 Å². The van der Waals surface area contributed by atoms with Crippen LogP contribution in [-0.4, -0.2) is 47.2 Å². The summed E-state index contributed by atoms with van der Waals surface area (Å²) in [6.07, 6.45) is 1.61. The third-order valence-electron chi connectivity index (χ3n) is 4.28. The molecule has 1 aromatic heterocycles. The molecule has 0 saturated carbocycles. The third-order valence-corrected chi connectivity index (χ3v) is 4.28. The Hall–Kier alpha value is -1.88. The lowest BCUT2D eigenvalue weighted by atomic mass is 10.1. The van der Waals surface area contributed by atoms with Gasteiger partial charge in [0.25, 0.3) is 0 Å². The van der Waals surface area contributed by atoms with Gasteiger partial charge in [-0.3, -0.25) is 4.79 Å². The predicted octanol–water partition coefficient (Wildman–Crippen LogP) is 2.41. The molecule has 5 nitrogen and oxygen atoms in total. The summed E-state index contributed by atoms with van der Waals surface area (Å²) < 4.78 is 7.37. The monoisotopic (exact) mass is 301 g/mol. The molecule has 0 bridgehead atoms. The van der Waals surface area contributed by atoms with Gasteiger partial charge in [-0.05, 0) is 18.6 Å². The minimum atomic E-state index is 0.184. The van der Waals surface area contributed by atoms with Crippen LogP contribution in [0.4, 0.5) is 0 Å². The molecule has 22 heavy (non-hydrogen) atoms. The number of ether oxygens (including phenoxy) is 1. The van der Waals surface area contributed by atoms with Gasteiger partial charge in [0.2, 0.25) is 5.91 Å². The van der Waals surface area contributed by atoms with Crippen LogP contribution in [0.1, 0.15) is 31.5 Å². The molecule has 1 aliphatic rings. The predicted molar refractivity (Wildman–Crippen MR) is 85.8 cm³/mol. The second-order valence-electron chi connectivity index (χ2n) is 5.84. The van der Waals surface area contributed by atoms with Crippen molar-refractivity contribution in [3.05, 3.63) is 30.1 Å². The lowest BCUT2D eigenvalue weighted by molar-refractivity contribution is -0.128. The SMILES string of the molecule is CCCn1c(C2CC(=O)N(CCOC)C2)nc2ccccc21. The standard InChI is InChI=1S/C17H23N3O2/c1-3-8-20-15-7-5-4-6-14(15)18-17(20)13-11-16(21)19(12-13)9-10-22-2/h4-7,13H,3,8-12H2,1-2H3. The molecule has 2 heterocycles. The van der Waals surface area contributed by atoms with Crippen molar-refractivity contribution in [2.75, 3.05) is 26.8 Å². The van der Waals surface area contributed by atoms with Gasteiger partial charge in [-0.2, -0.15) is 0 Å². The van der Waals surface area contributed by atoms with Crippen LogP contribution in [0.2, 0.25) is 0 Å². The van der Waals surface area contributed by atoms with Gasteiger partial charge in [0.1, 0.15) is 5.82 Å². The molecule has 1 fully saturated rings. The first-order chi connectivity index (χ1) is 10.7. The molecule has 1 aliphatic heterocycles. The van der Waals surface area contributed by atoms with Gasteiger partial charge in [0, 0.05) is 39.1 Å². The Kier molecular flexibility index (Phi) is 4.43. The molecule has 3 rings (SSSR count). The Labute approximate surface area is 130 Å². The summed E-state index contributed by atoms with van der Waals surface area (Å²) in [6, 6.07) is 8.22. The van der Waals surface area contributed by atoms with Gasteiger partial charge in [-0.15, -0.1) is 0 Å². The molecule has 5 heteroatoms. The molecular weight excluding hydrogens is 278 g/mol. The molecule has 0 N–H and O–H groups in total. The lowest BCUT2D eigenvalue weighted by Gasteiger charge is -2.16. The van der Waals surface area contributed by atoms with Crippen LogP contribution in [0.3, 0.4) is 0 Å². The minimum absolute atomic E-state index is 0.184. The summed E-state index contributed by atoms with van der Waals surface area (Å²) in [5.41, 5.74) is 2.19. The molecule has 1 unspecified atom stereocenters. The fraction of sp³-hybridized carbons (Fsp3) is 0.529. The molecule has 0 spiro atoms. The number of amides is 1. The molecular formula is C17H23N3O2. The fourth-order valence-corrected chi connectivity index (χ4v) is 3.23. The first kappa shape index (κ1) is 15.0. The van der Waals surface area contributed by atoms with Gasteiger partial charge in [-0.1, -0.05) is 19.1 Å². The average Bonchev–Trinajstić information content (AvgIpc) is 3.07. The average molecular weight is 301 g/mol. The molecule has 118 valence electrons. The summed E-state index contributed by atoms with van der Waals surface area (Å²) in [5, 5.41) is 0. The van der Waals surface area contributed by atoms with Gasteiger partial charge in [0.15, 0.2) is 0 Å². The zero-order chi connectivity index (χ0) is 15.5. The maximum atomic E-state index is 12.2. The van der Waals surface area contributed by atoms with Crippen LogP contribution in [-0.2, 0) is 16.1 Å². The normalized spacial score (nSPS) is 18.5. The highest BCUT2D eigenvalue weighted by Gasteiger charge is 2.33. The number of nitrogens with zero attached hydrogens (tertiary/aromatic N) is 3. The highest BCUT2D eigenvalue weighted by Crippen LogP contribution is 2.30. The maximum absolute atomic E-state index is 12.2. The zero-order valence-corrected chi connectivity index (χ0v) is 13.3. The van der Waals surface area contributed by atoms with Crippen molar-refractivity contribution in [3.63, 3.8) is 0 Å². The van der Waals surface area contributed by atoms with E-state index >= 15 is 0 Å². The van der Waals surface area contributed by atoms with Crippen molar-refractivity contribution in [1.29, 1.82) is 0 Å². The summed E-state index contributed by atoms with van der Waals surface area (Å²) in [7, 11) is 1.67. The van der Waals surface area contributed by atoms with Crippen LogP contribution >= 0.6 is 0 Å². The highest BCUT2D eigenvalue weighted by atomic mass is 16.5. The smallest absolute Gasteiger partial charge is 0.223 e. The van der Waals surface area contributed by atoms with E-state index in [1.807, 2.05) is 23.1 Å². The van der Waals surface area contributed by atoms with E-state index in [4.69, 9.17) is 9.72 Å². The van der Waals surface area contributed by atoms with Crippen LogP contribution in [0.5, 0.6) is 0 Å². The van der Waals surface area contributed by atoms with Gasteiger partial charge < -0.3 is 14.2 Å². The van der Waals surface area contributed by atoms with E-state index in [-0.39, 0.29) is 11.8 Å². The molecule has 1 aromatic carbocycles. The number of imidazole rings is 1. The highest BCUT2D eigenvalue weighted by molar-refractivity contribution is 5.80. The Morgan fingerprint density at radius 1 is 1.32 bits per heavy atom. The summed E-state index contributed by atoms with van der Waals surface area (Å²) in [6.45, 7) is 5.11. The number of rotatable bonds is 6. The Balaban J connectivity index is 1.90. The second-order valence-corrected chi connectivity index (χ2v) is 5.84. The van der Waals surface area contributed by atoms with Crippen molar-refractivity contribution in [2.45, 2.75) is 32.2 Å². The topological polar surface area (TPSA) is 47.4 Å². The molecule has 0 aliphatic carbocycles. The van der Waals surface area contributed by atoms with E-state index in [1.165, 1.54) is 5.52 Å². The van der Waals surface area contributed by atoms with Crippen molar-refractivity contribution >= 4 is 16.9 Å². The number of benzene rings is 1. The number of likely N-dealkylation sites (tertiary alicyclic amines) is 1. The van der Waals surface area contributed by atoms with Crippen molar-refractivity contribution in [1.82, 2.24) is 14.5 Å². The minimum Gasteiger partial charge on any atom is -0.383 e. The van der Waals surface area contributed by atoms with Crippen LogP contribution < -0.4 is 0 Å². The number of hydrogen-bond acceptors (Lipinski definition) is 3. The number of fused-ring (bicyclic) bond motifs is 1. The van der Waals surface area contributed by atoms with E-state index < -0.39 is 0 Å². The van der Waals surface area contributed by atoms with Gasteiger partial charge >= 0.3 is 0 Å². The second kappa shape index (κ2) is 6.48. The Morgan fingerprint density at radius 2 is 2.14 bits per heavy atom. The van der Waals surface area contributed by atoms with E-state index in [9.17, 15) is 4.79 Å². The number of aromatic nitrogens is 2. The van der Waals surface area contributed by atoms with Gasteiger partial charge in [0.05, 0.1) is 17.6 Å². The summed E-state index contributed by atoms with van der Waals surface area (Å²) in [5.74, 6) is 1.44. The summed E-state index contributed by atoms with van der Waals surface area (Å²) >= 11 is 0. The first-order valence-electron chi connectivity index (χ1n) is 7.96. The van der Waals surface area contributed by atoms with E-state index in [0.29, 0.717) is 19.6 Å². The number of carbonyl (C=O) groups is 1. The molecule has 1 saturated heterocycles. The first-order valence-corrected chi connectivity index (χ1v) is 7.96. The van der Waals surface area contributed by atoms with Crippen molar-refractivity contribution < 1.29 is 9.53 Å². The van der Waals surface area contributed by atoms with E-state index in [1.54, 1.807) is 7.11 Å². The Bertz CT molecular complexity index is 665. The molecule has 2 aromatic rings. The van der Waals surface area contributed by atoms with E-state index in [2.05, 4.69) is 17.6 Å². The number of para-hydroxylation sites is 2. The number of methoxy groups -OCH3 is 1. The van der Waals surface area contributed by atoms with Crippen LogP contribution in [0.25, 0.3) is 11.0 Å². The van der Waals surface area contributed by atoms with Crippen molar-refractivity contribution in [2.24, 2.45) is 0 Å². The fourth-order valence-electron chi connectivity index (χ4n) is 3.23. The maximum Gasteiger partial charge on any atom is 0.223 e. The number of aryl methyl sites for hydroxylation is 1. The zero-order valence-electron chi connectivity index (χ0n) is 13.3. The Morgan fingerprint density at radius 3 is 2.91 bits per heavy atom. The lowest BCUT2D eigenvalue weighted by Crippen LogP contribution is -2.28. The quantitative estimate of drug-likeness (QED) is 0.823. The molecule has 0 radical (unpaired) electrons. The molecule has 1 atom stereocenters. The largest absolute Gasteiger partial charge is 0.383 e. The molecule has 1 amide bonds.